The highest BCUT2D eigenvalue weighted by molar-refractivity contribution is 5.97. The third-order valence-corrected chi connectivity index (χ3v) is 3.28. The number of carbonyl (C=O) groups excluding carboxylic acids is 1. The first-order chi connectivity index (χ1) is 11.0. The van der Waals surface area contributed by atoms with Gasteiger partial charge in [-0.2, -0.15) is 5.26 Å². The number of esters is 1. The van der Waals surface area contributed by atoms with Gasteiger partial charge in [0.2, 0.25) is 0 Å². The van der Waals surface area contributed by atoms with E-state index in [0.29, 0.717) is 17.9 Å². The summed E-state index contributed by atoms with van der Waals surface area (Å²) in [4.78, 5) is 11.4. The molecular formula is C17H16N2O4. The van der Waals surface area contributed by atoms with E-state index in [-0.39, 0.29) is 5.57 Å². The first-order valence-electron chi connectivity index (χ1n) is 6.90. The Morgan fingerprint density at radius 2 is 2.04 bits per heavy atom. The highest BCUT2D eigenvalue weighted by Crippen LogP contribution is 2.19. The third-order valence-electron chi connectivity index (χ3n) is 3.28. The van der Waals surface area contributed by atoms with Crippen LogP contribution < -0.4 is 4.74 Å². The number of nitriles is 1. The number of aryl methyl sites for hydroxylation is 2. The molecule has 1 aromatic heterocycles. The van der Waals surface area contributed by atoms with Crippen molar-refractivity contribution in [2.45, 2.75) is 20.5 Å². The van der Waals surface area contributed by atoms with E-state index in [1.54, 1.807) is 24.3 Å². The molecule has 0 N–H and O–H groups in total. The van der Waals surface area contributed by atoms with Crippen LogP contribution in [0.2, 0.25) is 0 Å². The molecule has 0 aliphatic rings. The van der Waals surface area contributed by atoms with E-state index in [1.807, 2.05) is 19.9 Å². The average Bonchev–Trinajstić information content (AvgIpc) is 2.89. The van der Waals surface area contributed by atoms with Crippen molar-refractivity contribution >= 4 is 12.0 Å². The molecule has 6 nitrogen and oxygen atoms in total. The highest BCUT2D eigenvalue weighted by Gasteiger charge is 2.10. The molecule has 0 saturated heterocycles. The summed E-state index contributed by atoms with van der Waals surface area (Å²) < 4.78 is 15.3. The van der Waals surface area contributed by atoms with Gasteiger partial charge in [-0.3, -0.25) is 0 Å². The predicted molar refractivity (Wildman–Crippen MR) is 82.4 cm³/mol. The zero-order valence-corrected chi connectivity index (χ0v) is 13.1. The van der Waals surface area contributed by atoms with Crippen molar-refractivity contribution in [1.29, 1.82) is 5.26 Å². The Hall–Kier alpha value is -3.07. The Morgan fingerprint density at radius 1 is 1.35 bits per heavy atom. The first-order valence-corrected chi connectivity index (χ1v) is 6.90. The molecule has 0 atom stereocenters. The van der Waals surface area contributed by atoms with Crippen LogP contribution in [0.5, 0.6) is 5.75 Å². The van der Waals surface area contributed by atoms with E-state index in [2.05, 4.69) is 9.89 Å². The SMILES string of the molecule is COC(=O)/C(C#N)=C/c1ccc(OCc2c(C)noc2C)cc1. The van der Waals surface area contributed by atoms with Crippen LogP contribution in [0.15, 0.2) is 34.4 Å². The Bertz CT molecular complexity index is 747. The number of aromatic nitrogens is 1. The first kappa shape index (κ1) is 16.3. The zero-order valence-electron chi connectivity index (χ0n) is 13.1. The lowest BCUT2D eigenvalue weighted by Gasteiger charge is -2.06. The molecular weight excluding hydrogens is 296 g/mol. The number of benzene rings is 1. The van der Waals surface area contributed by atoms with Gasteiger partial charge in [0.05, 0.1) is 18.4 Å². The number of rotatable bonds is 5. The summed E-state index contributed by atoms with van der Waals surface area (Å²) in [6.45, 7) is 4.06. The standard InChI is InChI=1S/C17H16N2O4/c1-11-16(12(2)23-19-11)10-22-15-6-4-13(5-7-15)8-14(9-18)17(20)21-3/h4-8H,10H2,1-3H3/b14-8+. The number of hydrogen-bond acceptors (Lipinski definition) is 6. The van der Waals surface area contributed by atoms with Gasteiger partial charge >= 0.3 is 5.97 Å². The smallest absolute Gasteiger partial charge is 0.348 e. The fourth-order valence-electron chi connectivity index (χ4n) is 1.94. The normalized spacial score (nSPS) is 11.0. The van der Waals surface area contributed by atoms with E-state index in [9.17, 15) is 4.79 Å². The Kier molecular flexibility index (Phi) is 5.15. The molecule has 1 aromatic carbocycles. The molecule has 0 unspecified atom stereocenters. The lowest BCUT2D eigenvalue weighted by Crippen LogP contribution is -2.02. The molecule has 23 heavy (non-hydrogen) atoms. The predicted octanol–water partition coefficient (Wildman–Crippen LogP) is 2.95. The maximum atomic E-state index is 11.4. The molecule has 0 amide bonds. The fraction of sp³-hybridized carbons (Fsp3) is 0.235. The summed E-state index contributed by atoms with van der Waals surface area (Å²) in [6.07, 6.45) is 1.46. The lowest BCUT2D eigenvalue weighted by atomic mass is 10.1. The van der Waals surface area contributed by atoms with Gasteiger partial charge in [-0.1, -0.05) is 17.3 Å². The monoisotopic (exact) mass is 312 g/mol. The topological polar surface area (TPSA) is 85.4 Å². The quantitative estimate of drug-likeness (QED) is 0.479. The van der Waals surface area contributed by atoms with Crippen molar-refractivity contribution in [3.63, 3.8) is 0 Å². The molecule has 6 heteroatoms. The van der Waals surface area contributed by atoms with Crippen LogP contribution in [0, 0.1) is 25.2 Å². The van der Waals surface area contributed by atoms with Crippen LogP contribution >= 0.6 is 0 Å². The average molecular weight is 312 g/mol. The van der Waals surface area contributed by atoms with Gasteiger partial charge in [-0.05, 0) is 37.6 Å². The van der Waals surface area contributed by atoms with Gasteiger partial charge in [-0.25, -0.2) is 4.79 Å². The van der Waals surface area contributed by atoms with Crippen LogP contribution in [-0.4, -0.2) is 18.2 Å². The molecule has 0 bridgehead atoms. The van der Waals surface area contributed by atoms with Crippen LogP contribution in [0.25, 0.3) is 6.08 Å². The van der Waals surface area contributed by atoms with Crippen LogP contribution in [0.3, 0.4) is 0 Å². The molecule has 0 aliphatic carbocycles. The molecule has 0 fully saturated rings. The number of methoxy groups -OCH3 is 1. The van der Waals surface area contributed by atoms with Crippen molar-refractivity contribution in [3.8, 4) is 11.8 Å². The summed E-state index contributed by atoms with van der Waals surface area (Å²) in [6, 6.07) is 8.84. The number of nitrogens with zero attached hydrogens (tertiary/aromatic N) is 2. The van der Waals surface area contributed by atoms with E-state index >= 15 is 0 Å². The molecule has 0 aliphatic heterocycles. The molecule has 0 spiro atoms. The Balaban J connectivity index is 2.07. The molecule has 1 heterocycles. The van der Waals surface area contributed by atoms with E-state index in [4.69, 9.17) is 14.5 Å². The highest BCUT2D eigenvalue weighted by atomic mass is 16.5. The Morgan fingerprint density at radius 3 is 2.57 bits per heavy atom. The number of ether oxygens (including phenoxy) is 2. The van der Waals surface area contributed by atoms with E-state index in [1.165, 1.54) is 13.2 Å². The second-order valence-corrected chi connectivity index (χ2v) is 4.82. The van der Waals surface area contributed by atoms with Crippen molar-refractivity contribution in [2.75, 3.05) is 7.11 Å². The second-order valence-electron chi connectivity index (χ2n) is 4.82. The van der Waals surface area contributed by atoms with Crippen LogP contribution in [0.4, 0.5) is 0 Å². The van der Waals surface area contributed by atoms with Gasteiger partial charge in [0.15, 0.2) is 0 Å². The van der Waals surface area contributed by atoms with E-state index < -0.39 is 5.97 Å². The largest absolute Gasteiger partial charge is 0.489 e. The third kappa shape index (κ3) is 3.98. The van der Waals surface area contributed by atoms with Gasteiger partial charge in [0, 0.05) is 0 Å². The fourth-order valence-corrected chi connectivity index (χ4v) is 1.94. The molecule has 0 saturated carbocycles. The number of hydrogen-bond donors (Lipinski definition) is 0. The number of carbonyl (C=O) groups is 1. The van der Waals surface area contributed by atoms with Crippen molar-refractivity contribution in [2.24, 2.45) is 0 Å². The molecule has 2 rings (SSSR count). The van der Waals surface area contributed by atoms with Gasteiger partial charge in [-0.15, -0.1) is 0 Å². The maximum Gasteiger partial charge on any atom is 0.348 e. The summed E-state index contributed by atoms with van der Waals surface area (Å²) in [5.74, 6) is 0.740. The van der Waals surface area contributed by atoms with Crippen molar-refractivity contribution in [3.05, 3.63) is 52.4 Å². The lowest BCUT2D eigenvalue weighted by molar-refractivity contribution is -0.135. The van der Waals surface area contributed by atoms with Crippen molar-refractivity contribution < 1.29 is 18.8 Å². The minimum atomic E-state index is -0.661. The Labute approximate surface area is 133 Å². The second kappa shape index (κ2) is 7.27. The van der Waals surface area contributed by atoms with Crippen LogP contribution in [-0.2, 0) is 16.1 Å². The summed E-state index contributed by atoms with van der Waals surface area (Å²) in [7, 11) is 1.24. The zero-order chi connectivity index (χ0) is 16.8. The van der Waals surface area contributed by atoms with Gasteiger partial charge < -0.3 is 14.0 Å². The molecule has 0 radical (unpaired) electrons. The minimum Gasteiger partial charge on any atom is -0.489 e. The van der Waals surface area contributed by atoms with Crippen molar-refractivity contribution in [1.82, 2.24) is 5.16 Å². The van der Waals surface area contributed by atoms with E-state index in [0.717, 1.165) is 17.0 Å². The maximum absolute atomic E-state index is 11.4. The van der Waals surface area contributed by atoms with Crippen LogP contribution in [0.1, 0.15) is 22.6 Å². The van der Waals surface area contributed by atoms with Gasteiger partial charge in [0.1, 0.15) is 29.8 Å². The summed E-state index contributed by atoms with van der Waals surface area (Å²) >= 11 is 0. The van der Waals surface area contributed by atoms with Gasteiger partial charge in [0.25, 0.3) is 0 Å². The summed E-state index contributed by atoms with van der Waals surface area (Å²) in [5, 5.41) is 12.8. The molecule has 118 valence electrons. The minimum absolute atomic E-state index is 0.0584. The molecule has 2 aromatic rings. The summed E-state index contributed by atoms with van der Waals surface area (Å²) in [5.41, 5.74) is 2.37.